The molecule has 2 unspecified atom stereocenters. The SMILES string of the molecule is CC/C=C\C/C=C\C/C=C\C/C=C\C/C=C\C/C=C\C/C=C\C/C=C\C/C=C\C/C=C\C/C=C\CCCCCCCC(=O)OC(COC(=O)CCCCC/C=C\C/C=C\C/C=C\C/C=C\C/C=C\C/C=C\C/C=C\CC)COC(OCC[N+](C)(C)C)C(=O)[O-]. The van der Waals surface area contributed by atoms with Crippen molar-refractivity contribution in [2.75, 3.05) is 47.5 Å². The smallest absolute Gasteiger partial charge is 0.306 e. The Labute approximate surface area is 543 Å². The van der Waals surface area contributed by atoms with Crippen molar-refractivity contribution in [3.8, 4) is 0 Å². The van der Waals surface area contributed by atoms with Crippen LogP contribution in [0.1, 0.15) is 206 Å². The molecule has 0 aromatic rings. The molecule has 2 atom stereocenters. The van der Waals surface area contributed by atoms with Crippen LogP contribution in [0.2, 0.25) is 0 Å². The summed E-state index contributed by atoms with van der Waals surface area (Å²) in [6.45, 7) is 4.41. The molecule has 0 radical (unpaired) electrons. The molecule has 0 fully saturated rings. The molecule has 0 rings (SSSR count). The number of likely N-dealkylation sites (N-methyl/N-ethyl adjacent to an activating group) is 1. The molecule has 0 amide bonds. The van der Waals surface area contributed by atoms with Gasteiger partial charge in [0.25, 0.3) is 0 Å². The molecule has 9 nitrogen and oxygen atoms in total. The van der Waals surface area contributed by atoms with Gasteiger partial charge in [-0.05, 0) is 154 Å². The van der Waals surface area contributed by atoms with Gasteiger partial charge in [-0.3, -0.25) is 9.59 Å². The summed E-state index contributed by atoms with van der Waals surface area (Å²) in [5.41, 5.74) is 0. The highest BCUT2D eigenvalue weighted by atomic mass is 16.7. The van der Waals surface area contributed by atoms with Crippen LogP contribution in [0.5, 0.6) is 0 Å². The molecule has 0 N–H and O–H groups in total. The highest BCUT2D eigenvalue weighted by Crippen LogP contribution is 2.12. The fraction of sp³-hybridized carbons (Fsp3) is 0.512. The molecular weight excluding hydrogens is 1100 g/mol. The van der Waals surface area contributed by atoms with E-state index in [0.29, 0.717) is 23.9 Å². The zero-order chi connectivity index (χ0) is 64.7. The largest absolute Gasteiger partial charge is 0.545 e. The van der Waals surface area contributed by atoms with Gasteiger partial charge in [-0.15, -0.1) is 0 Å². The zero-order valence-corrected chi connectivity index (χ0v) is 56.2. The Balaban J connectivity index is 4.33. The molecule has 0 aromatic heterocycles. The van der Waals surface area contributed by atoms with Crippen molar-refractivity contribution in [3.05, 3.63) is 219 Å². The molecule has 0 aliphatic heterocycles. The number of carboxylic acid groups (broad SMARTS) is 1. The van der Waals surface area contributed by atoms with Gasteiger partial charge < -0.3 is 33.3 Å². The molecule has 0 aliphatic carbocycles. The Morgan fingerprint density at radius 3 is 0.910 bits per heavy atom. The number of carbonyl (C=O) groups excluding carboxylic acids is 3. The molecule has 0 aromatic carbocycles. The number of nitrogens with zero attached hydrogens (tertiary/aromatic N) is 1. The first-order valence-electron chi connectivity index (χ1n) is 33.9. The third-order valence-corrected chi connectivity index (χ3v) is 13.2. The molecule has 9 heteroatoms. The minimum Gasteiger partial charge on any atom is -0.545 e. The lowest BCUT2D eigenvalue weighted by atomic mass is 10.1. The van der Waals surface area contributed by atoms with E-state index in [0.717, 1.165) is 167 Å². The molecule has 0 heterocycles. The maximum Gasteiger partial charge on any atom is 0.306 e. The second kappa shape index (κ2) is 67.5. The summed E-state index contributed by atoms with van der Waals surface area (Å²) in [6, 6.07) is 0. The van der Waals surface area contributed by atoms with Crippen molar-refractivity contribution in [2.24, 2.45) is 0 Å². The predicted octanol–water partition coefficient (Wildman–Crippen LogP) is 20.0. The predicted molar refractivity (Wildman–Crippen MR) is 379 cm³/mol. The monoisotopic (exact) mass is 1220 g/mol. The van der Waals surface area contributed by atoms with Gasteiger partial charge in [-0.1, -0.05) is 258 Å². The highest BCUT2D eigenvalue weighted by Gasteiger charge is 2.22. The number of rotatable bonds is 59. The van der Waals surface area contributed by atoms with E-state index >= 15 is 0 Å². The van der Waals surface area contributed by atoms with Crippen LogP contribution in [0, 0.1) is 0 Å². The van der Waals surface area contributed by atoms with Gasteiger partial charge in [0.1, 0.15) is 13.2 Å². The first-order chi connectivity index (χ1) is 43.6. The second-order valence-electron chi connectivity index (χ2n) is 22.6. The number of aliphatic carboxylic acids is 1. The van der Waals surface area contributed by atoms with Crippen LogP contribution >= 0.6 is 0 Å². The van der Waals surface area contributed by atoms with Gasteiger partial charge in [0.2, 0.25) is 0 Å². The van der Waals surface area contributed by atoms with E-state index in [-0.39, 0.29) is 32.7 Å². The molecule has 0 saturated carbocycles. The van der Waals surface area contributed by atoms with Gasteiger partial charge in [-0.25, -0.2) is 0 Å². The Kier molecular flexibility index (Phi) is 62.7. The second-order valence-corrected chi connectivity index (χ2v) is 22.6. The Bertz CT molecular complexity index is 2260. The fourth-order valence-corrected chi connectivity index (χ4v) is 8.11. The number of esters is 2. The van der Waals surface area contributed by atoms with Crippen molar-refractivity contribution in [2.45, 2.75) is 219 Å². The van der Waals surface area contributed by atoms with E-state index < -0.39 is 30.3 Å². The van der Waals surface area contributed by atoms with E-state index in [9.17, 15) is 19.5 Å². The summed E-state index contributed by atoms with van der Waals surface area (Å²) < 4.78 is 22.7. The normalized spacial score (nSPS) is 14.1. The Morgan fingerprint density at radius 1 is 0.337 bits per heavy atom. The van der Waals surface area contributed by atoms with Crippen molar-refractivity contribution in [3.63, 3.8) is 0 Å². The maximum atomic E-state index is 12.9. The summed E-state index contributed by atoms with van der Waals surface area (Å²) in [6.07, 6.45) is 104. The van der Waals surface area contributed by atoms with Gasteiger partial charge in [-0.2, -0.15) is 0 Å². The topological polar surface area (TPSA) is 111 Å². The third kappa shape index (κ3) is 69.0. The molecule has 0 spiro atoms. The van der Waals surface area contributed by atoms with E-state index in [1.807, 2.05) is 21.1 Å². The van der Waals surface area contributed by atoms with Gasteiger partial charge in [0, 0.05) is 12.8 Å². The van der Waals surface area contributed by atoms with Crippen LogP contribution in [0.25, 0.3) is 0 Å². The van der Waals surface area contributed by atoms with E-state index in [4.69, 9.17) is 18.9 Å². The van der Waals surface area contributed by atoms with Gasteiger partial charge in [0.15, 0.2) is 12.4 Å². The van der Waals surface area contributed by atoms with Gasteiger partial charge in [0.05, 0.1) is 40.3 Å². The van der Waals surface area contributed by atoms with Crippen LogP contribution in [0.3, 0.4) is 0 Å². The number of ether oxygens (including phenoxy) is 4. The highest BCUT2D eigenvalue weighted by molar-refractivity contribution is 5.70. The van der Waals surface area contributed by atoms with Crippen LogP contribution in [-0.2, 0) is 33.3 Å². The van der Waals surface area contributed by atoms with Crippen molar-refractivity contribution >= 4 is 17.9 Å². The summed E-state index contributed by atoms with van der Waals surface area (Å²) >= 11 is 0. The summed E-state index contributed by atoms with van der Waals surface area (Å²) in [7, 11) is 5.89. The summed E-state index contributed by atoms with van der Waals surface area (Å²) in [5.74, 6) is -2.39. The third-order valence-electron chi connectivity index (χ3n) is 13.2. The van der Waals surface area contributed by atoms with Crippen LogP contribution in [0.15, 0.2) is 219 Å². The standard InChI is InChI=1S/C80H121NO8/c1-6-8-10-12-14-16-18-20-22-24-26-28-30-32-33-34-35-36-37-38-39-40-41-42-43-44-45-47-49-51-53-55-57-59-61-63-65-67-69-71-78(83)89-76(75-88-80(79(84)85)86-73-72-81(3,4)5)74-87-77(82)70-68-66-64-62-60-58-56-54-52-50-48-46-31-29-27-25-23-21-19-17-15-13-11-9-7-2/h8-11,14-17,20-23,26-29,32-33,35-36,38-39,41-42,44-46,48-49,51-52,54-55,57-58,60,76,80H,6-7,12-13,18-19,24-25,30-31,34,37,40,43,47,50,53,56,59,61-75H2,1-5H3/b10-8-,11-9-,16-14-,17-15-,22-20-,23-21-,28-26-,29-27-,33-32-,36-35-,39-38-,42-41-,45-44-,48-46-,51-49-,54-52-,57-55-,60-58-. The average molecular weight is 1220 g/mol. The van der Waals surface area contributed by atoms with Crippen molar-refractivity contribution in [1.29, 1.82) is 0 Å². The Hall–Kier alpha value is -6.39. The molecule has 0 aliphatic rings. The number of hydrogen-bond acceptors (Lipinski definition) is 8. The number of allylic oxidation sites excluding steroid dienone is 36. The number of hydrogen-bond donors (Lipinski definition) is 0. The molecule has 494 valence electrons. The Morgan fingerprint density at radius 2 is 0.607 bits per heavy atom. The number of unbranched alkanes of at least 4 members (excludes halogenated alkanes) is 8. The fourth-order valence-electron chi connectivity index (χ4n) is 8.11. The van der Waals surface area contributed by atoms with Gasteiger partial charge >= 0.3 is 11.9 Å². The van der Waals surface area contributed by atoms with Crippen LogP contribution in [-0.4, -0.2) is 82.3 Å². The summed E-state index contributed by atoms with van der Waals surface area (Å²) in [5, 5.41) is 11.8. The number of carbonyl (C=O) groups is 3. The van der Waals surface area contributed by atoms with Crippen LogP contribution < -0.4 is 5.11 Å². The lowest BCUT2D eigenvalue weighted by Crippen LogP contribution is -2.44. The lowest BCUT2D eigenvalue weighted by Gasteiger charge is -2.26. The number of carboxylic acids is 1. The molecular formula is C80H121NO8. The zero-order valence-electron chi connectivity index (χ0n) is 56.2. The lowest BCUT2D eigenvalue weighted by molar-refractivity contribution is -0.870. The minimum atomic E-state index is -1.65. The number of quaternary nitrogens is 1. The quantitative estimate of drug-likeness (QED) is 0.0195. The van der Waals surface area contributed by atoms with E-state index in [2.05, 4.69) is 233 Å². The average Bonchev–Trinajstić information content (AvgIpc) is 3.64. The molecule has 89 heavy (non-hydrogen) atoms. The first-order valence-corrected chi connectivity index (χ1v) is 33.9. The molecule has 0 bridgehead atoms. The van der Waals surface area contributed by atoms with E-state index in [1.165, 1.54) is 0 Å². The minimum absolute atomic E-state index is 0.124. The van der Waals surface area contributed by atoms with Crippen molar-refractivity contribution < 1.29 is 42.9 Å². The van der Waals surface area contributed by atoms with E-state index in [1.54, 1.807) is 0 Å². The van der Waals surface area contributed by atoms with Crippen LogP contribution in [0.4, 0.5) is 0 Å². The summed E-state index contributed by atoms with van der Waals surface area (Å²) in [4.78, 5) is 37.4. The first kappa shape index (κ1) is 82.6. The maximum absolute atomic E-state index is 12.9. The molecule has 0 saturated heterocycles. The van der Waals surface area contributed by atoms with Crippen molar-refractivity contribution in [1.82, 2.24) is 0 Å².